The summed E-state index contributed by atoms with van der Waals surface area (Å²) in [6.07, 6.45) is 6.59. The standard InChI is InChI=1S/C25H29N9O2/c1-25(2)14-33(13-15-11-29-31-21(15)25)23(35)17-10-20(28-12-18(17)26)32-8-5-16(6-9-32)34-19-4-3-7-27-22(19)30-24(34)36/h3-4,7,10-12,16H,5-6,8-9,13-14,26H2,1-2H3,(H,29,31)(H,27,30,36). The minimum absolute atomic E-state index is 0.0707. The number of carbonyl (C=O) groups excluding carboxylic acids is 1. The second-order valence-electron chi connectivity index (χ2n) is 10.3. The topological polar surface area (TPSA) is 142 Å². The van der Waals surface area contributed by atoms with E-state index in [1.807, 2.05) is 21.6 Å². The van der Waals surface area contributed by atoms with E-state index in [0.717, 1.165) is 35.4 Å². The number of nitrogens with zero attached hydrogens (tertiary/aromatic N) is 6. The predicted molar refractivity (Wildman–Crippen MR) is 136 cm³/mol. The molecule has 6 heterocycles. The van der Waals surface area contributed by atoms with E-state index < -0.39 is 0 Å². The quantitative estimate of drug-likeness (QED) is 0.402. The Hall–Kier alpha value is -4.15. The van der Waals surface area contributed by atoms with E-state index in [-0.39, 0.29) is 23.1 Å². The Balaban J connectivity index is 1.21. The summed E-state index contributed by atoms with van der Waals surface area (Å²) in [6, 6.07) is 5.63. The monoisotopic (exact) mass is 487 g/mol. The van der Waals surface area contributed by atoms with E-state index in [4.69, 9.17) is 5.73 Å². The first-order valence-corrected chi connectivity index (χ1v) is 12.2. The summed E-state index contributed by atoms with van der Waals surface area (Å²) in [5, 5.41) is 7.26. The second-order valence-corrected chi connectivity index (χ2v) is 10.3. The summed E-state index contributed by atoms with van der Waals surface area (Å²) in [4.78, 5) is 41.8. The van der Waals surface area contributed by atoms with Crippen LogP contribution >= 0.6 is 0 Å². The molecular formula is C25H29N9O2. The number of piperidine rings is 1. The number of hydrogen-bond donors (Lipinski definition) is 3. The molecule has 0 aromatic carbocycles. The highest BCUT2D eigenvalue weighted by atomic mass is 16.2. The van der Waals surface area contributed by atoms with E-state index in [9.17, 15) is 9.59 Å². The number of hydrogen-bond acceptors (Lipinski definition) is 7. The van der Waals surface area contributed by atoms with Crippen molar-refractivity contribution in [3.63, 3.8) is 0 Å². The summed E-state index contributed by atoms with van der Waals surface area (Å²) < 4.78 is 1.81. The minimum atomic E-state index is -0.234. The Morgan fingerprint density at radius 3 is 2.81 bits per heavy atom. The van der Waals surface area contributed by atoms with Gasteiger partial charge in [0.25, 0.3) is 5.91 Å². The zero-order chi connectivity index (χ0) is 25.0. The number of rotatable bonds is 3. The zero-order valence-corrected chi connectivity index (χ0v) is 20.4. The van der Waals surface area contributed by atoms with Gasteiger partial charge in [-0.05, 0) is 31.0 Å². The third-order valence-electron chi connectivity index (χ3n) is 7.42. The van der Waals surface area contributed by atoms with E-state index in [1.54, 1.807) is 24.7 Å². The van der Waals surface area contributed by atoms with Crippen molar-refractivity contribution in [2.75, 3.05) is 30.3 Å². The molecule has 0 aliphatic carbocycles. The molecule has 2 aliphatic heterocycles. The van der Waals surface area contributed by atoms with Gasteiger partial charge in [-0.3, -0.25) is 19.4 Å². The van der Waals surface area contributed by atoms with Crippen molar-refractivity contribution >= 4 is 28.6 Å². The number of amides is 1. The Labute approximate surface area is 207 Å². The lowest BCUT2D eigenvalue weighted by Gasteiger charge is -2.38. The summed E-state index contributed by atoms with van der Waals surface area (Å²) in [5.41, 5.74) is 10.2. The average molecular weight is 488 g/mol. The van der Waals surface area contributed by atoms with Crippen molar-refractivity contribution in [3.05, 3.63) is 64.1 Å². The highest BCUT2D eigenvalue weighted by Crippen LogP contribution is 2.33. The van der Waals surface area contributed by atoms with Gasteiger partial charge in [0.2, 0.25) is 0 Å². The molecule has 0 spiro atoms. The highest BCUT2D eigenvalue weighted by molar-refractivity contribution is 6.00. The molecule has 0 bridgehead atoms. The summed E-state index contributed by atoms with van der Waals surface area (Å²) in [7, 11) is 0. The van der Waals surface area contributed by atoms with Crippen LogP contribution in [-0.4, -0.2) is 60.2 Å². The van der Waals surface area contributed by atoms with Gasteiger partial charge in [-0.1, -0.05) is 13.8 Å². The molecular weight excluding hydrogens is 458 g/mol. The fourth-order valence-corrected chi connectivity index (χ4v) is 5.64. The van der Waals surface area contributed by atoms with Crippen LogP contribution in [0.15, 0.2) is 41.6 Å². The molecule has 1 fully saturated rings. The second kappa shape index (κ2) is 8.21. The zero-order valence-electron chi connectivity index (χ0n) is 20.4. The van der Waals surface area contributed by atoms with Crippen molar-refractivity contribution < 1.29 is 4.79 Å². The van der Waals surface area contributed by atoms with Gasteiger partial charge in [0.1, 0.15) is 5.82 Å². The number of nitrogen functional groups attached to an aromatic ring is 1. The predicted octanol–water partition coefficient (Wildman–Crippen LogP) is 2.20. The van der Waals surface area contributed by atoms with Crippen LogP contribution in [-0.2, 0) is 12.0 Å². The fourth-order valence-electron chi connectivity index (χ4n) is 5.64. The van der Waals surface area contributed by atoms with E-state index in [2.05, 4.69) is 43.9 Å². The van der Waals surface area contributed by atoms with Gasteiger partial charge in [-0.15, -0.1) is 0 Å². The van der Waals surface area contributed by atoms with Crippen molar-refractivity contribution in [2.45, 2.75) is 44.7 Å². The Kier molecular flexibility index (Phi) is 5.09. The van der Waals surface area contributed by atoms with Gasteiger partial charge < -0.3 is 15.5 Å². The number of anilines is 2. The van der Waals surface area contributed by atoms with Crippen molar-refractivity contribution in [1.29, 1.82) is 0 Å². The Morgan fingerprint density at radius 2 is 2.00 bits per heavy atom. The first-order valence-electron chi connectivity index (χ1n) is 12.2. The third-order valence-corrected chi connectivity index (χ3v) is 7.42. The van der Waals surface area contributed by atoms with Gasteiger partial charge in [-0.2, -0.15) is 5.10 Å². The van der Waals surface area contributed by atoms with Crippen molar-refractivity contribution in [2.24, 2.45) is 0 Å². The molecule has 11 heteroatoms. The van der Waals surface area contributed by atoms with Crippen molar-refractivity contribution in [1.82, 2.24) is 34.6 Å². The largest absolute Gasteiger partial charge is 0.397 e. The van der Waals surface area contributed by atoms with E-state index >= 15 is 0 Å². The average Bonchev–Trinajstić information content (AvgIpc) is 3.48. The molecule has 1 saturated heterocycles. The number of aromatic amines is 2. The van der Waals surface area contributed by atoms with Crippen LogP contribution in [0.5, 0.6) is 0 Å². The molecule has 0 atom stereocenters. The molecule has 4 N–H and O–H groups in total. The normalized spacial score (nSPS) is 17.9. The van der Waals surface area contributed by atoms with Crippen LogP contribution in [0, 0.1) is 0 Å². The maximum atomic E-state index is 13.6. The van der Waals surface area contributed by atoms with Crippen LogP contribution in [0.2, 0.25) is 0 Å². The number of fused-ring (bicyclic) bond motifs is 2. The number of nitrogens with two attached hydrogens (primary N) is 1. The van der Waals surface area contributed by atoms with Crippen LogP contribution in [0.3, 0.4) is 0 Å². The summed E-state index contributed by atoms with van der Waals surface area (Å²) in [5.74, 6) is 0.614. The Bertz CT molecular complexity index is 1510. The Morgan fingerprint density at radius 1 is 1.19 bits per heavy atom. The molecule has 36 heavy (non-hydrogen) atoms. The number of pyridine rings is 2. The molecule has 0 unspecified atom stereocenters. The maximum absolute atomic E-state index is 13.6. The van der Waals surface area contributed by atoms with Crippen LogP contribution in [0.4, 0.5) is 11.5 Å². The van der Waals surface area contributed by atoms with E-state index in [0.29, 0.717) is 43.1 Å². The molecule has 11 nitrogen and oxygen atoms in total. The number of aromatic nitrogens is 6. The first kappa shape index (κ1) is 22.3. The van der Waals surface area contributed by atoms with E-state index in [1.165, 1.54) is 0 Å². The first-order chi connectivity index (χ1) is 17.3. The molecule has 186 valence electrons. The molecule has 0 radical (unpaired) electrons. The molecule has 4 aromatic rings. The number of imidazole rings is 1. The molecule has 2 aliphatic rings. The van der Waals surface area contributed by atoms with Gasteiger partial charge in [-0.25, -0.2) is 14.8 Å². The lowest BCUT2D eigenvalue weighted by molar-refractivity contribution is 0.0685. The van der Waals surface area contributed by atoms with Gasteiger partial charge in [0, 0.05) is 55.1 Å². The molecule has 1 amide bonds. The molecule has 0 saturated carbocycles. The number of H-pyrrole nitrogens is 2. The van der Waals surface area contributed by atoms with Crippen LogP contribution < -0.4 is 16.3 Å². The number of nitrogens with one attached hydrogen (secondary N) is 2. The number of carbonyl (C=O) groups is 1. The third kappa shape index (κ3) is 3.62. The fraction of sp³-hybridized carbons (Fsp3) is 0.400. The SMILES string of the molecule is CC1(C)CN(C(=O)c2cc(N3CCC(n4c(=O)[nH]c5ncccc54)CC3)ncc2N)Cc2cn[nH]c21. The van der Waals surface area contributed by atoms with Crippen molar-refractivity contribution in [3.8, 4) is 0 Å². The van der Waals surface area contributed by atoms with Gasteiger partial charge >= 0.3 is 5.69 Å². The lowest BCUT2D eigenvalue weighted by atomic mass is 9.83. The molecule has 6 rings (SSSR count). The van der Waals surface area contributed by atoms with Crippen LogP contribution in [0.1, 0.15) is 54.3 Å². The van der Waals surface area contributed by atoms with Crippen LogP contribution in [0.25, 0.3) is 11.2 Å². The maximum Gasteiger partial charge on any atom is 0.327 e. The lowest BCUT2D eigenvalue weighted by Crippen LogP contribution is -2.45. The smallest absolute Gasteiger partial charge is 0.327 e. The minimum Gasteiger partial charge on any atom is -0.397 e. The highest BCUT2D eigenvalue weighted by Gasteiger charge is 2.36. The summed E-state index contributed by atoms with van der Waals surface area (Å²) >= 11 is 0. The van der Waals surface area contributed by atoms with Gasteiger partial charge in [0.05, 0.1) is 29.2 Å². The van der Waals surface area contributed by atoms with Gasteiger partial charge in [0.15, 0.2) is 5.65 Å². The summed E-state index contributed by atoms with van der Waals surface area (Å²) in [6.45, 7) is 6.68. The molecule has 4 aromatic heterocycles.